The second-order valence-corrected chi connectivity index (χ2v) is 5.27. The molecular formula is C13H26N4O5. The van der Waals surface area contributed by atoms with Crippen LogP contribution in [0.2, 0.25) is 0 Å². The number of aliphatic carboxylic acids is 1. The molecule has 128 valence electrons. The van der Waals surface area contributed by atoms with Crippen molar-refractivity contribution in [2.24, 2.45) is 17.5 Å². The molecule has 0 heterocycles. The SMILES string of the molecule is NCCOCCOCC(=O)NCCCC1CC1(NN)C(=O)O. The van der Waals surface area contributed by atoms with Crippen LogP contribution in [-0.4, -0.2) is 62.0 Å². The van der Waals surface area contributed by atoms with E-state index in [4.69, 9.17) is 26.2 Å². The van der Waals surface area contributed by atoms with E-state index in [2.05, 4.69) is 10.7 Å². The molecule has 7 N–H and O–H groups in total. The van der Waals surface area contributed by atoms with Crippen LogP contribution >= 0.6 is 0 Å². The molecule has 0 saturated heterocycles. The Kier molecular flexibility index (Phi) is 8.28. The minimum atomic E-state index is -0.976. The first-order valence-electron chi connectivity index (χ1n) is 7.40. The van der Waals surface area contributed by atoms with Gasteiger partial charge in [-0.1, -0.05) is 0 Å². The zero-order valence-corrected chi connectivity index (χ0v) is 12.7. The van der Waals surface area contributed by atoms with E-state index in [9.17, 15) is 9.59 Å². The fraction of sp³-hybridized carbons (Fsp3) is 0.846. The van der Waals surface area contributed by atoms with Crippen LogP contribution < -0.4 is 22.3 Å². The normalized spacial score (nSPS) is 23.3. The molecule has 9 nitrogen and oxygen atoms in total. The number of carboxylic acid groups (broad SMARTS) is 1. The molecule has 0 aromatic carbocycles. The van der Waals surface area contributed by atoms with Gasteiger partial charge in [-0.05, 0) is 25.2 Å². The molecule has 2 unspecified atom stereocenters. The molecule has 0 bridgehead atoms. The first-order chi connectivity index (χ1) is 10.6. The van der Waals surface area contributed by atoms with Gasteiger partial charge in [-0.25, -0.2) is 5.43 Å². The van der Waals surface area contributed by atoms with Crippen molar-refractivity contribution in [3.8, 4) is 0 Å². The molecule has 0 aromatic rings. The Bertz CT molecular complexity index is 368. The van der Waals surface area contributed by atoms with Gasteiger partial charge in [0.25, 0.3) is 0 Å². The van der Waals surface area contributed by atoms with Crippen molar-refractivity contribution >= 4 is 11.9 Å². The summed E-state index contributed by atoms with van der Waals surface area (Å²) >= 11 is 0. The fourth-order valence-corrected chi connectivity index (χ4v) is 2.27. The summed E-state index contributed by atoms with van der Waals surface area (Å²) in [6.45, 7) is 2.17. The average Bonchev–Trinajstić information content (AvgIpc) is 3.22. The van der Waals surface area contributed by atoms with Crippen LogP contribution in [0.4, 0.5) is 0 Å². The highest BCUT2D eigenvalue weighted by Crippen LogP contribution is 2.46. The topological polar surface area (TPSA) is 149 Å². The molecule has 1 rings (SSSR count). The van der Waals surface area contributed by atoms with E-state index in [-0.39, 0.29) is 18.4 Å². The molecule has 22 heavy (non-hydrogen) atoms. The number of rotatable bonds is 13. The number of hydrogen-bond donors (Lipinski definition) is 5. The Morgan fingerprint density at radius 2 is 2.00 bits per heavy atom. The van der Waals surface area contributed by atoms with Gasteiger partial charge in [0.15, 0.2) is 0 Å². The summed E-state index contributed by atoms with van der Waals surface area (Å²) in [7, 11) is 0. The lowest BCUT2D eigenvalue weighted by molar-refractivity contribution is -0.141. The third-order valence-corrected chi connectivity index (χ3v) is 3.66. The summed E-state index contributed by atoms with van der Waals surface area (Å²) in [4.78, 5) is 22.5. The van der Waals surface area contributed by atoms with Gasteiger partial charge in [-0.2, -0.15) is 0 Å². The first-order valence-corrected chi connectivity index (χ1v) is 7.40. The summed E-state index contributed by atoms with van der Waals surface area (Å²) in [6, 6.07) is 0. The predicted molar refractivity (Wildman–Crippen MR) is 78.7 cm³/mol. The maximum atomic E-state index is 11.5. The van der Waals surface area contributed by atoms with E-state index in [0.29, 0.717) is 52.2 Å². The highest BCUT2D eigenvalue weighted by Gasteiger charge is 2.59. The molecule has 2 atom stereocenters. The van der Waals surface area contributed by atoms with Gasteiger partial charge in [-0.3, -0.25) is 15.4 Å². The van der Waals surface area contributed by atoms with Gasteiger partial charge in [0.1, 0.15) is 12.1 Å². The fourth-order valence-electron chi connectivity index (χ4n) is 2.27. The summed E-state index contributed by atoms with van der Waals surface area (Å²) in [5.74, 6) is 4.17. The molecule has 1 amide bonds. The predicted octanol–water partition coefficient (Wildman–Crippen LogP) is -1.82. The third-order valence-electron chi connectivity index (χ3n) is 3.66. The maximum absolute atomic E-state index is 11.5. The van der Waals surface area contributed by atoms with E-state index < -0.39 is 11.5 Å². The van der Waals surface area contributed by atoms with E-state index in [1.807, 2.05) is 0 Å². The standard InChI is InChI=1S/C13H26N4O5/c14-3-5-21-6-7-22-9-11(18)16-4-1-2-10-8-13(10,17-15)12(19)20/h10,17H,1-9,14-15H2,(H,16,18)(H,19,20). The van der Waals surface area contributed by atoms with E-state index >= 15 is 0 Å². The van der Waals surface area contributed by atoms with Crippen molar-refractivity contribution in [2.75, 3.05) is 39.5 Å². The average molecular weight is 318 g/mol. The molecule has 0 aliphatic heterocycles. The van der Waals surface area contributed by atoms with Crippen LogP contribution in [0.15, 0.2) is 0 Å². The van der Waals surface area contributed by atoms with Crippen molar-refractivity contribution in [3.05, 3.63) is 0 Å². The van der Waals surface area contributed by atoms with Gasteiger partial charge in [0.05, 0.1) is 19.8 Å². The summed E-state index contributed by atoms with van der Waals surface area (Å²) in [5.41, 5.74) is 6.65. The Balaban J connectivity index is 1.97. The number of amides is 1. The summed E-state index contributed by atoms with van der Waals surface area (Å²) < 4.78 is 10.2. The minimum Gasteiger partial charge on any atom is -0.480 e. The largest absolute Gasteiger partial charge is 0.480 e. The Morgan fingerprint density at radius 1 is 1.27 bits per heavy atom. The zero-order valence-electron chi connectivity index (χ0n) is 12.7. The Labute approximate surface area is 129 Å². The number of ether oxygens (including phenoxy) is 2. The lowest BCUT2D eigenvalue weighted by Gasteiger charge is -2.10. The van der Waals surface area contributed by atoms with Crippen molar-refractivity contribution in [1.29, 1.82) is 0 Å². The van der Waals surface area contributed by atoms with Crippen LogP contribution in [0, 0.1) is 5.92 Å². The second kappa shape index (κ2) is 9.70. The van der Waals surface area contributed by atoms with Gasteiger partial charge in [-0.15, -0.1) is 0 Å². The number of hydrazine groups is 1. The molecule has 9 heteroatoms. The minimum absolute atomic E-state index is 0.0150. The van der Waals surface area contributed by atoms with Crippen LogP contribution in [0.5, 0.6) is 0 Å². The molecule has 0 aromatic heterocycles. The second-order valence-electron chi connectivity index (χ2n) is 5.27. The smallest absolute Gasteiger partial charge is 0.325 e. The lowest BCUT2D eigenvalue weighted by Crippen LogP contribution is -2.45. The van der Waals surface area contributed by atoms with Crippen LogP contribution in [0.3, 0.4) is 0 Å². The first kappa shape index (κ1) is 18.8. The molecule has 0 spiro atoms. The van der Waals surface area contributed by atoms with Crippen LogP contribution in [0.1, 0.15) is 19.3 Å². The highest BCUT2D eigenvalue weighted by atomic mass is 16.5. The number of carbonyl (C=O) groups excluding carboxylic acids is 1. The maximum Gasteiger partial charge on any atom is 0.325 e. The molecule has 1 aliphatic carbocycles. The highest BCUT2D eigenvalue weighted by molar-refractivity contribution is 5.83. The number of hydrogen-bond acceptors (Lipinski definition) is 7. The zero-order chi connectivity index (χ0) is 16.4. The van der Waals surface area contributed by atoms with Gasteiger partial charge >= 0.3 is 5.97 Å². The summed E-state index contributed by atoms with van der Waals surface area (Å²) in [5, 5.41) is 11.8. The van der Waals surface area contributed by atoms with Crippen molar-refractivity contribution in [1.82, 2.24) is 10.7 Å². The molecule has 0 radical (unpaired) electrons. The molecule has 1 saturated carbocycles. The van der Waals surface area contributed by atoms with Gasteiger partial charge in [0, 0.05) is 13.1 Å². The third kappa shape index (κ3) is 5.85. The monoisotopic (exact) mass is 318 g/mol. The van der Waals surface area contributed by atoms with E-state index in [0.717, 1.165) is 0 Å². The quantitative estimate of drug-likeness (QED) is 0.151. The lowest BCUT2D eigenvalue weighted by atomic mass is 10.1. The molecular weight excluding hydrogens is 292 g/mol. The van der Waals surface area contributed by atoms with E-state index in [1.165, 1.54) is 0 Å². The number of carboxylic acids is 1. The van der Waals surface area contributed by atoms with Crippen LogP contribution in [-0.2, 0) is 19.1 Å². The van der Waals surface area contributed by atoms with Gasteiger partial charge in [0.2, 0.25) is 5.91 Å². The number of nitrogens with two attached hydrogens (primary N) is 2. The molecule has 1 fully saturated rings. The van der Waals surface area contributed by atoms with Crippen molar-refractivity contribution in [3.63, 3.8) is 0 Å². The van der Waals surface area contributed by atoms with Crippen molar-refractivity contribution in [2.45, 2.75) is 24.8 Å². The molecule has 1 aliphatic rings. The number of carbonyl (C=O) groups is 2. The van der Waals surface area contributed by atoms with Crippen molar-refractivity contribution < 1.29 is 24.2 Å². The van der Waals surface area contributed by atoms with E-state index in [1.54, 1.807) is 0 Å². The van der Waals surface area contributed by atoms with Crippen LogP contribution in [0.25, 0.3) is 0 Å². The number of nitrogens with one attached hydrogen (secondary N) is 2. The Hall–Kier alpha value is -1.26. The Morgan fingerprint density at radius 3 is 2.59 bits per heavy atom. The summed E-state index contributed by atoms with van der Waals surface area (Å²) in [6.07, 6.45) is 1.93. The van der Waals surface area contributed by atoms with Gasteiger partial charge < -0.3 is 25.6 Å².